The number of hydrogen-bond acceptors (Lipinski definition) is 1. The van der Waals surface area contributed by atoms with Gasteiger partial charge in [0.25, 0.3) is 0 Å². The summed E-state index contributed by atoms with van der Waals surface area (Å²) in [7, 11) is 0. The Labute approximate surface area is 127 Å². The highest BCUT2D eigenvalue weighted by molar-refractivity contribution is 5.82. The molecule has 0 amide bonds. The van der Waals surface area contributed by atoms with E-state index in [0.717, 1.165) is 6.54 Å². The van der Waals surface area contributed by atoms with Gasteiger partial charge in [-0.25, -0.2) is 0 Å². The Bertz CT molecular complexity index is 675. The van der Waals surface area contributed by atoms with E-state index in [1.165, 1.54) is 16.5 Å². The fourth-order valence-corrected chi connectivity index (χ4v) is 2.20. The van der Waals surface area contributed by atoms with Crippen LogP contribution in [0.5, 0.6) is 0 Å². The van der Waals surface area contributed by atoms with Crippen LogP contribution in [0.4, 0.5) is 0 Å². The molecule has 0 unspecified atom stereocenters. The fraction of sp³-hybridized carbons (Fsp3) is 0.368. The van der Waals surface area contributed by atoms with Gasteiger partial charge in [0.05, 0.1) is 5.52 Å². The fourth-order valence-electron chi connectivity index (χ4n) is 2.20. The first-order valence-corrected chi connectivity index (χ1v) is 7.44. The summed E-state index contributed by atoms with van der Waals surface area (Å²) in [5, 5.41) is 4.76. The molecule has 0 radical (unpaired) electrons. The van der Waals surface area contributed by atoms with Crippen LogP contribution >= 0.6 is 0 Å². The minimum Gasteiger partial charge on any atom is -0.361 e. The quantitative estimate of drug-likeness (QED) is 0.797. The van der Waals surface area contributed by atoms with Gasteiger partial charge in [-0.15, -0.1) is 0 Å². The van der Waals surface area contributed by atoms with Crippen LogP contribution in [0.1, 0.15) is 39.3 Å². The molecule has 0 fully saturated rings. The maximum absolute atomic E-state index is 3.50. The summed E-state index contributed by atoms with van der Waals surface area (Å²) in [6, 6.07) is 8.80. The maximum atomic E-state index is 3.50. The van der Waals surface area contributed by atoms with Crippen LogP contribution in [0, 0.1) is 17.3 Å². The molecule has 2 N–H and O–H groups in total. The van der Waals surface area contributed by atoms with Crippen LogP contribution in [0.25, 0.3) is 10.9 Å². The first-order chi connectivity index (χ1) is 9.97. The van der Waals surface area contributed by atoms with Gasteiger partial charge >= 0.3 is 0 Å². The minimum atomic E-state index is 0.0638. The van der Waals surface area contributed by atoms with Crippen molar-refractivity contribution in [2.75, 3.05) is 6.54 Å². The molecule has 0 spiro atoms. The number of aromatic amines is 1. The topological polar surface area (TPSA) is 27.8 Å². The Kier molecular flexibility index (Phi) is 4.88. The third kappa shape index (κ3) is 4.51. The zero-order valence-corrected chi connectivity index (χ0v) is 13.3. The molecule has 1 aromatic heterocycles. The summed E-state index contributed by atoms with van der Waals surface area (Å²) >= 11 is 0. The molecular weight excluding hydrogens is 256 g/mol. The van der Waals surface area contributed by atoms with Crippen LogP contribution in [0.15, 0.2) is 42.6 Å². The van der Waals surface area contributed by atoms with E-state index in [1.807, 2.05) is 12.3 Å². The van der Waals surface area contributed by atoms with Crippen molar-refractivity contribution in [1.82, 2.24) is 10.3 Å². The van der Waals surface area contributed by atoms with E-state index in [4.69, 9.17) is 0 Å². The summed E-state index contributed by atoms with van der Waals surface area (Å²) < 4.78 is 0. The molecule has 2 rings (SSSR count). The van der Waals surface area contributed by atoms with Gasteiger partial charge in [0.2, 0.25) is 0 Å². The first kappa shape index (κ1) is 15.4. The van der Waals surface area contributed by atoms with Gasteiger partial charge < -0.3 is 10.3 Å². The lowest BCUT2D eigenvalue weighted by Gasteiger charge is -2.13. The summed E-state index contributed by atoms with van der Waals surface area (Å²) in [5.41, 5.74) is 2.58. The lowest BCUT2D eigenvalue weighted by Crippen LogP contribution is -2.18. The molecule has 2 nitrogen and oxygen atoms in total. The Balaban J connectivity index is 1.93. The number of benzene rings is 1. The summed E-state index contributed by atoms with van der Waals surface area (Å²) in [5.74, 6) is 6.28. The molecule has 0 aliphatic carbocycles. The van der Waals surface area contributed by atoms with Crippen molar-refractivity contribution in [2.24, 2.45) is 5.41 Å². The highest BCUT2D eigenvalue weighted by Gasteiger charge is 2.08. The number of fused-ring (bicyclic) bond motifs is 1. The van der Waals surface area contributed by atoms with Gasteiger partial charge in [0.1, 0.15) is 0 Å². The van der Waals surface area contributed by atoms with Crippen molar-refractivity contribution >= 4 is 10.9 Å². The zero-order valence-electron chi connectivity index (χ0n) is 13.3. The molecule has 1 aromatic carbocycles. The third-order valence-electron chi connectivity index (χ3n) is 3.28. The van der Waals surface area contributed by atoms with Crippen molar-refractivity contribution < 1.29 is 0 Å². The Morgan fingerprint density at radius 2 is 2.10 bits per heavy atom. The van der Waals surface area contributed by atoms with E-state index in [2.05, 4.69) is 80.2 Å². The number of aromatic nitrogens is 1. The molecule has 0 saturated heterocycles. The van der Waals surface area contributed by atoms with E-state index >= 15 is 0 Å². The second kappa shape index (κ2) is 6.65. The number of H-pyrrole nitrogens is 1. The van der Waals surface area contributed by atoms with Crippen molar-refractivity contribution in [1.29, 1.82) is 0 Å². The zero-order chi connectivity index (χ0) is 15.3. The molecule has 21 heavy (non-hydrogen) atoms. The highest BCUT2D eigenvalue weighted by atomic mass is 14.9. The minimum absolute atomic E-state index is 0.0638. The van der Waals surface area contributed by atoms with Gasteiger partial charge in [0, 0.05) is 24.2 Å². The van der Waals surface area contributed by atoms with Crippen LogP contribution in [0.3, 0.4) is 0 Å². The molecule has 0 aliphatic heterocycles. The predicted octanol–water partition coefficient (Wildman–Crippen LogP) is 4.42. The second-order valence-electron chi connectivity index (χ2n) is 6.34. The molecule has 110 valence electrons. The number of nitrogens with one attached hydrogen (secondary N) is 2. The SMILES string of the molecule is C[C@@H](NC/C=C/C#CC(C)(C)C)c1cccc2cc[nH]c12. The van der Waals surface area contributed by atoms with Crippen LogP contribution in [-0.2, 0) is 0 Å². The summed E-state index contributed by atoms with van der Waals surface area (Å²) in [6.45, 7) is 9.35. The van der Waals surface area contributed by atoms with Gasteiger partial charge in [-0.3, -0.25) is 0 Å². The van der Waals surface area contributed by atoms with Crippen molar-refractivity contribution in [3.63, 3.8) is 0 Å². The Hall–Kier alpha value is -1.98. The normalized spacial score (nSPS) is 13.3. The van der Waals surface area contributed by atoms with E-state index in [9.17, 15) is 0 Å². The summed E-state index contributed by atoms with van der Waals surface area (Å²) in [6.07, 6.45) is 5.99. The standard InChI is InChI=1S/C19H24N2/c1-15(20-13-7-5-6-12-19(2,3)4)17-10-8-9-16-11-14-21-18(16)17/h5,7-11,14-15,20-21H,13H2,1-4H3/b7-5+/t15-/m1/s1. The summed E-state index contributed by atoms with van der Waals surface area (Å²) in [4.78, 5) is 3.32. The van der Waals surface area contributed by atoms with E-state index in [1.54, 1.807) is 0 Å². The molecule has 0 saturated carbocycles. The predicted molar refractivity (Wildman–Crippen MR) is 91.1 cm³/mol. The van der Waals surface area contributed by atoms with Gasteiger partial charge in [-0.05, 0) is 50.8 Å². The monoisotopic (exact) mass is 280 g/mol. The van der Waals surface area contributed by atoms with Crippen molar-refractivity contribution in [2.45, 2.75) is 33.7 Å². The third-order valence-corrected chi connectivity index (χ3v) is 3.28. The van der Waals surface area contributed by atoms with Crippen LogP contribution in [0.2, 0.25) is 0 Å². The van der Waals surface area contributed by atoms with Crippen molar-refractivity contribution in [3.8, 4) is 11.8 Å². The molecule has 2 aromatic rings. The molecule has 1 heterocycles. The van der Waals surface area contributed by atoms with Crippen molar-refractivity contribution in [3.05, 3.63) is 48.2 Å². The lowest BCUT2D eigenvalue weighted by molar-refractivity contribution is 0.571. The number of rotatable bonds is 4. The molecule has 2 heteroatoms. The smallest absolute Gasteiger partial charge is 0.0502 e. The Morgan fingerprint density at radius 1 is 1.29 bits per heavy atom. The van der Waals surface area contributed by atoms with E-state index < -0.39 is 0 Å². The van der Waals surface area contributed by atoms with Crippen LogP contribution < -0.4 is 5.32 Å². The number of allylic oxidation sites excluding steroid dienone is 1. The number of para-hydroxylation sites is 1. The van der Waals surface area contributed by atoms with E-state index in [-0.39, 0.29) is 5.41 Å². The second-order valence-corrected chi connectivity index (χ2v) is 6.34. The maximum Gasteiger partial charge on any atom is 0.0502 e. The number of hydrogen-bond donors (Lipinski definition) is 2. The lowest BCUT2D eigenvalue weighted by atomic mass is 9.98. The van der Waals surface area contributed by atoms with E-state index in [0.29, 0.717) is 6.04 Å². The van der Waals surface area contributed by atoms with Gasteiger partial charge in [-0.2, -0.15) is 0 Å². The average molecular weight is 280 g/mol. The molecule has 0 aliphatic rings. The molecule has 1 atom stereocenters. The van der Waals surface area contributed by atoms with Gasteiger partial charge in [0.15, 0.2) is 0 Å². The van der Waals surface area contributed by atoms with Gasteiger partial charge in [-0.1, -0.05) is 36.1 Å². The largest absolute Gasteiger partial charge is 0.361 e. The average Bonchev–Trinajstić information content (AvgIpc) is 2.89. The first-order valence-electron chi connectivity index (χ1n) is 7.44. The molecular formula is C19H24N2. The highest BCUT2D eigenvalue weighted by Crippen LogP contribution is 2.22. The molecule has 0 bridgehead atoms. The van der Waals surface area contributed by atoms with Crippen LogP contribution in [-0.4, -0.2) is 11.5 Å². The Morgan fingerprint density at radius 3 is 2.86 bits per heavy atom.